The van der Waals surface area contributed by atoms with E-state index in [1.165, 1.54) is 11.1 Å². The molecule has 7 amide bonds. The van der Waals surface area contributed by atoms with Crippen molar-refractivity contribution in [3.05, 3.63) is 100 Å². The summed E-state index contributed by atoms with van der Waals surface area (Å²) in [6.07, 6.45) is 5.44. The van der Waals surface area contributed by atoms with Gasteiger partial charge in [0.1, 0.15) is 12.1 Å². The van der Waals surface area contributed by atoms with Gasteiger partial charge in [0.05, 0.1) is 6.54 Å². The number of rotatable bonds is 7. The van der Waals surface area contributed by atoms with Crippen molar-refractivity contribution in [3.63, 3.8) is 0 Å². The van der Waals surface area contributed by atoms with E-state index in [0.29, 0.717) is 55.4 Å². The highest BCUT2D eigenvalue weighted by molar-refractivity contribution is 6.06. The van der Waals surface area contributed by atoms with Crippen LogP contribution in [0.25, 0.3) is 0 Å². The standard InChI is InChI=1S/C26H28N4O4.C18H21N3O3.CH4.ClH/c31-23-9-8-22(25(33)28-23)30-15-19-14-18(6-7-21(19)26(30)34)17-10-12-29(13-11-17)16-24(32)27-20-4-2-1-3-5-20;22-16-4-3-15(17(23)20-16)21-10-13-9-12(1-2-14(13)18(21)24)11-5-7-19-8-6-11;;/h1-7,14,17,22H,8-13,15-16H2,(H,27,32)(H,28,31,33);1-2,9,11,15,19H,3-8,10H2,(H,20,22,23);1H4;1H. The number of carbonyl (C=O) groups excluding carboxylic acids is 7. The fourth-order valence-corrected chi connectivity index (χ4v) is 9.20. The van der Waals surface area contributed by atoms with E-state index in [4.69, 9.17) is 0 Å². The first-order chi connectivity index (χ1) is 28.1. The van der Waals surface area contributed by atoms with Gasteiger partial charge in [-0.1, -0.05) is 49.9 Å². The molecule has 4 fully saturated rings. The summed E-state index contributed by atoms with van der Waals surface area (Å²) in [6, 6.07) is 20.4. The molecular weight excluding hydrogens is 786 g/mol. The number of hydrogen-bond acceptors (Lipinski definition) is 9. The third kappa shape index (κ3) is 9.61. The van der Waals surface area contributed by atoms with Gasteiger partial charge in [-0.2, -0.15) is 0 Å². The molecule has 6 heterocycles. The Kier molecular flexibility index (Phi) is 14.2. The molecule has 2 unspecified atom stereocenters. The van der Waals surface area contributed by atoms with E-state index < -0.39 is 12.1 Å². The number of halogens is 1. The molecule has 6 aliphatic rings. The summed E-state index contributed by atoms with van der Waals surface area (Å²) in [5, 5.41) is 11.0. The highest BCUT2D eigenvalue weighted by atomic mass is 35.5. The summed E-state index contributed by atoms with van der Waals surface area (Å²) >= 11 is 0. The van der Waals surface area contributed by atoms with Crippen LogP contribution in [0.1, 0.15) is 114 Å². The Bertz CT molecular complexity index is 2130. The molecule has 4 N–H and O–H groups in total. The van der Waals surface area contributed by atoms with Gasteiger partial charge in [0.25, 0.3) is 11.8 Å². The minimum atomic E-state index is -0.591. The largest absolute Gasteiger partial charge is 0.325 e. The predicted molar refractivity (Wildman–Crippen MR) is 227 cm³/mol. The predicted octanol–water partition coefficient (Wildman–Crippen LogP) is 4.24. The average Bonchev–Trinajstić information content (AvgIpc) is 3.73. The molecule has 0 saturated carbocycles. The number of piperidine rings is 4. The van der Waals surface area contributed by atoms with E-state index in [-0.39, 0.29) is 74.0 Å². The molecule has 2 atom stereocenters. The lowest BCUT2D eigenvalue weighted by Crippen LogP contribution is -2.52. The van der Waals surface area contributed by atoms with Gasteiger partial charge in [-0.05, 0) is 123 Å². The van der Waals surface area contributed by atoms with Crippen LogP contribution in [0, 0.1) is 0 Å². The Balaban J connectivity index is 0.000000205. The van der Waals surface area contributed by atoms with E-state index in [1.807, 2.05) is 48.5 Å². The SMILES string of the molecule is C.Cl.O=C1CCC(N2Cc3cc(C4CCN(CC(=O)Nc5ccccc5)CC4)ccc3C2=O)C(=O)N1.O=C1CCC(N2Cc3cc(C4CCNCC4)ccc3C2=O)C(=O)N1. The van der Waals surface area contributed by atoms with Crippen LogP contribution in [0.5, 0.6) is 0 Å². The average molecular weight is 840 g/mol. The number of fused-ring (bicyclic) bond motifs is 2. The molecule has 0 aromatic heterocycles. The van der Waals surface area contributed by atoms with Crippen molar-refractivity contribution in [2.45, 2.75) is 95.8 Å². The van der Waals surface area contributed by atoms with Crippen LogP contribution in [-0.4, -0.2) is 101 Å². The molecule has 0 bridgehead atoms. The van der Waals surface area contributed by atoms with Gasteiger partial charge in [-0.15, -0.1) is 12.4 Å². The van der Waals surface area contributed by atoms with Crippen molar-refractivity contribution in [3.8, 4) is 0 Å². The first kappa shape index (κ1) is 44.1. The number of likely N-dealkylation sites (tertiary alicyclic amines) is 1. The molecule has 9 rings (SSSR count). The highest BCUT2D eigenvalue weighted by Gasteiger charge is 2.41. The number of nitrogens with one attached hydrogen (secondary N) is 4. The molecular formula is C45H54ClN7O7. The van der Waals surface area contributed by atoms with Crippen LogP contribution in [-0.2, 0) is 37.1 Å². The summed E-state index contributed by atoms with van der Waals surface area (Å²) in [5.41, 5.74) is 6.57. The number of benzene rings is 3. The summed E-state index contributed by atoms with van der Waals surface area (Å²) in [6.45, 7) is 4.97. The molecule has 0 radical (unpaired) electrons. The number of amides is 7. The summed E-state index contributed by atoms with van der Waals surface area (Å²) in [5.74, 6) is -0.617. The fraction of sp³-hybridized carbons (Fsp3) is 0.444. The molecule has 14 nitrogen and oxygen atoms in total. The van der Waals surface area contributed by atoms with E-state index in [9.17, 15) is 33.6 Å². The third-order valence-electron chi connectivity index (χ3n) is 12.4. The van der Waals surface area contributed by atoms with Gasteiger partial charge in [0, 0.05) is 42.7 Å². The number of para-hydroxylation sites is 1. The van der Waals surface area contributed by atoms with Gasteiger partial charge >= 0.3 is 0 Å². The van der Waals surface area contributed by atoms with Gasteiger partial charge in [0.2, 0.25) is 29.5 Å². The zero-order valence-electron chi connectivity index (χ0n) is 32.9. The summed E-state index contributed by atoms with van der Waals surface area (Å²) in [4.78, 5) is 90.4. The topological polar surface area (TPSA) is 177 Å². The van der Waals surface area contributed by atoms with Crippen LogP contribution >= 0.6 is 12.4 Å². The molecule has 6 aliphatic heterocycles. The van der Waals surface area contributed by atoms with E-state index in [0.717, 1.165) is 68.7 Å². The third-order valence-corrected chi connectivity index (χ3v) is 12.4. The lowest BCUT2D eigenvalue weighted by Gasteiger charge is -2.31. The quantitative estimate of drug-likeness (QED) is 0.254. The second-order valence-electron chi connectivity index (χ2n) is 16.1. The normalized spacial score (nSPS) is 22.1. The van der Waals surface area contributed by atoms with E-state index in [2.05, 4.69) is 44.4 Å². The van der Waals surface area contributed by atoms with Crippen molar-refractivity contribution in [2.24, 2.45) is 0 Å². The Morgan fingerprint density at radius 2 is 1.12 bits per heavy atom. The Morgan fingerprint density at radius 3 is 1.60 bits per heavy atom. The number of hydrogen-bond donors (Lipinski definition) is 4. The van der Waals surface area contributed by atoms with Gasteiger partial charge < -0.3 is 20.4 Å². The minimum Gasteiger partial charge on any atom is -0.325 e. The number of anilines is 1. The van der Waals surface area contributed by atoms with Crippen molar-refractivity contribution in [2.75, 3.05) is 38.0 Å². The monoisotopic (exact) mass is 839 g/mol. The zero-order valence-corrected chi connectivity index (χ0v) is 33.7. The first-order valence-corrected chi connectivity index (χ1v) is 20.4. The van der Waals surface area contributed by atoms with Gasteiger partial charge in [-0.25, -0.2) is 0 Å². The van der Waals surface area contributed by atoms with Crippen LogP contribution in [0.3, 0.4) is 0 Å². The van der Waals surface area contributed by atoms with Crippen molar-refractivity contribution in [1.29, 1.82) is 0 Å². The molecule has 0 aliphatic carbocycles. The fourth-order valence-electron chi connectivity index (χ4n) is 9.20. The second kappa shape index (κ2) is 19.3. The van der Waals surface area contributed by atoms with Crippen molar-refractivity contribution in [1.82, 2.24) is 30.7 Å². The summed E-state index contributed by atoms with van der Waals surface area (Å²) < 4.78 is 0. The molecule has 15 heteroatoms. The van der Waals surface area contributed by atoms with Crippen molar-refractivity contribution >= 4 is 59.4 Å². The summed E-state index contributed by atoms with van der Waals surface area (Å²) in [7, 11) is 0. The lowest BCUT2D eigenvalue weighted by atomic mass is 9.88. The van der Waals surface area contributed by atoms with Crippen LogP contribution in [0.2, 0.25) is 0 Å². The molecule has 3 aromatic carbocycles. The number of carbonyl (C=O) groups is 7. The Hall–Kier alpha value is -5.44. The lowest BCUT2D eigenvalue weighted by molar-refractivity contribution is -0.138. The molecule has 318 valence electrons. The zero-order chi connectivity index (χ0) is 40.3. The van der Waals surface area contributed by atoms with E-state index in [1.54, 1.807) is 9.80 Å². The molecule has 4 saturated heterocycles. The van der Waals surface area contributed by atoms with Crippen molar-refractivity contribution < 1.29 is 33.6 Å². The molecule has 60 heavy (non-hydrogen) atoms. The minimum absolute atomic E-state index is 0. The highest BCUT2D eigenvalue weighted by Crippen LogP contribution is 2.35. The second-order valence-corrected chi connectivity index (χ2v) is 16.1. The number of nitrogens with zero attached hydrogens (tertiary/aromatic N) is 3. The molecule has 3 aromatic rings. The molecule has 0 spiro atoms. The maximum absolute atomic E-state index is 12.9. The van der Waals surface area contributed by atoms with Gasteiger partial charge in [0.15, 0.2) is 0 Å². The van der Waals surface area contributed by atoms with Crippen LogP contribution < -0.4 is 21.3 Å². The van der Waals surface area contributed by atoms with E-state index >= 15 is 0 Å². The van der Waals surface area contributed by atoms with Gasteiger partial charge in [-0.3, -0.25) is 49.1 Å². The maximum atomic E-state index is 12.9. The first-order valence-electron chi connectivity index (χ1n) is 20.4. The van der Waals surface area contributed by atoms with Crippen LogP contribution in [0.15, 0.2) is 66.7 Å². The Labute approximate surface area is 356 Å². The number of imide groups is 2. The maximum Gasteiger partial charge on any atom is 0.255 e. The van der Waals surface area contributed by atoms with Crippen LogP contribution in [0.4, 0.5) is 5.69 Å². The smallest absolute Gasteiger partial charge is 0.255 e. The Morgan fingerprint density at radius 1 is 0.633 bits per heavy atom.